The van der Waals surface area contributed by atoms with Crippen molar-refractivity contribution in [3.63, 3.8) is 0 Å². The topological polar surface area (TPSA) is 78.5 Å². The highest BCUT2D eigenvalue weighted by Gasteiger charge is 2.26. The Morgan fingerprint density at radius 1 is 1.52 bits per heavy atom. The van der Waals surface area contributed by atoms with E-state index in [1.165, 1.54) is 16.1 Å². The Kier molecular flexibility index (Phi) is 5.23. The van der Waals surface area contributed by atoms with Crippen LogP contribution in [0.2, 0.25) is 0 Å². The van der Waals surface area contributed by atoms with Gasteiger partial charge in [0, 0.05) is 24.0 Å². The van der Waals surface area contributed by atoms with Crippen molar-refractivity contribution in [2.45, 2.75) is 32.4 Å². The number of nitrogens with one attached hydrogen (secondary N) is 2. The summed E-state index contributed by atoms with van der Waals surface area (Å²) in [6, 6.07) is 1.64. The summed E-state index contributed by atoms with van der Waals surface area (Å²) in [5.74, 6) is 0. The van der Waals surface area contributed by atoms with E-state index in [0.717, 1.165) is 17.7 Å². The van der Waals surface area contributed by atoms with Gasteiger partial charge in [0.2, 0.25) is 10.0 Å². The second-order valence-electron chi connectivity index (χ2n) is 5.31. The largest absolute Gasteiger partial charge is 0.334 e. The Bertz CT molecular complexity index is 598. The highest BCUT2D eigenvalue weighted by molar-refractivity contribution is 7.88. The van der Waals surface area contributed by atoms with E-state index >= 15 is 0 Å². The second-order valence-corrected chi connectivity index (χ2v) is 8.30. The molecule has 1 saturated heterocycles. The zero-order chi connectivity index (χ0) is 15.5. The maximum atomic E-state index is 11.9. The predicted octanol–water partition coefficient (Wildman–Crippen LogP) is 1.28. The quantitative estimate of drug-likeness (QED) is 0.872. The molecule has 1 aromatic rings. The zero-order valence-corrected chi connectivity index (χ0v) is 13.9. The third-order valence-corrected chi connectivity index (χ3v) is 5.86. The van der Waals surface area contributed by atoms with Crippen molar-refractivity contribution in [2.24, 2.45) is 0 Å². The summed E-state index contributed by atoms with van der Waals surface area (Å²) in [5.41, 5.74) is 1.17. The van der Waals surface area contributed by atoms with Gasteiger partial charge in [0.15, 0.2) is 0 Å². The van der Waals surface area contributed by atoms with Crippen molar-refractivity contribution in [3.8, 4) is 0 Å². The van der Waals surface area contributed by atoms with Crippen LogP contribution in [-0.4, -0.2) is 44.1 Å². The molecule has 0 radical (unpaired) electrons. The lowest BCUT2D eigenvalue weighted by molar-refractivity contribution is 0.225. The van der Waals surface area contributed by atoms with E-state index in [9.17, 15) is 13.2 Å². The summed E-state index contributed by atoms with van der Waals surface area (Å²) in [5, 5.41) is 7.67. The normalized spacial score (nSPS) is 20.2. The molecule has 21 heavy (non-hydrogen) atoms. The molecular weight excluding hydrogens is 310 g/mol. The van der Waals surface area contributed by atoms with E-state index in [-0.39, 0.29) is 12.1 Å². The average molecular weight is 331 g/mol. The van der Waals surface area contributed by atoms with Gasteiger partial charge in [-0.3, -0.25) is 0 Å². The van der Waals surface area contributed by atoms with Gasteiger partial charge in [-0.15, -0.1) is 11.3 Å². The molecule has 1 aliphatic rings. The minimum Gasteiger partial charge on any atom is -0.334 e. The average Bonchev–Trinajstić information content (AvgIpc) is 2.81. The number of nitrogens with zero attached hydrogens (tertiary/aromatic N) is 1. The van der Waals surface area contributed by atoms with Gasteiger partial charge in [0.05, 0.1) is 12.8 Å². The first-order chi connectivity index (χ1) is 9.86. The van der Waals surface area contributed by atoms with E-state index in [2.05, 4.69) is 10.6 Å². The number of sulfonamides is 1. The lowest BCUT2D eigenvalue weighted by Gasteiger charge is -2.31. The Balaban J connectivity index is 1.81. The lowest BCUT2D eigenvalue weighted by Crippen LogP contribution is -2.51. The first-order valence-corrected chi connectivity index (χ1v) is 9.61. The van der Waals surface area contributed by atoms with Crippen molar-refractivity contribution in [2.75, 3.05) is 19.3 Å². The molecule has 0 aromatic carbocycles. The van der Waals surface area contributed by atoms with Crippen LogP contribution in [0.3, 0.4) is 0 Å². The fraction of sp³-hybridized carbons (Fsp3) is 0.615. The fourth-order valence-electron chi connectivity index (χ4n) is 2.34. The van der Waals surface area contributed by atoms with E-state index in [4.69, 9.17) is 0 Å². The zero-order valence-electron chi connectivity index (χ0n) is 12.3. The molecular formula is C13H21N3O3S2. The van der Waals surface area contributed by atoms with E-state index in [1.54, 1.807) is 11.3 Å². The van der Waals surface area contributed by atoms with Crippen LogP contribution >= 0.6 is 11.3 Å². The van der Waals surface area contributed by atoms with Gasteiger partial charge in [-0.05, 0) is 36.8 Å². The number of urea groups is 1. The van der Waals surface area contributed by atoms with Crippen LogP contribution in [0.5, 0.6) is 0 Å². The van der Waals surface area contributed by atoms with E-state index in [1.807, 2.05) is 18.4 Å². The van der Waals surface area contributed by atoms with Crippen LogP contribution < -0.4 is 10.6 Å². The molecule has 2 rings (SSSR count). The van der Waals surface area contributed by atoms with Gasteiger partial charge in [0.25, 0.3) is 0 Å². The van der Waals surface area contributed by atoms with Crippen molar-refractivity contribution in [1.29, 1.82) is 0 Å². The van der Waals surface area contributed by atoms with Gasteiger partial charge in [-0.2, -0.15) is 0 Å². The first kappa shape index (κ1) is 16.3. The molecule has 0 spiro atoms. The third-order valence-electron chi connectivity index (χ3n) is 3.57. The van der Waals surface area contributed by atoms with Crippen LogP contribution in [0.25, 0.3) is 0 Å². The monoisotopic (exact) mass is 331 g/mol. The molecule has 118 valence electrons. The minimum absolute atomic E-state index is 0.127. The molecule has 1 aliphatic heterocycles. The maximum absolute atomic E-state index is 11.9. The SMILES string of the molecule is Cc1ccsc1CNC(=O)N[C@H]1CCCN(S(C)(=O)=O)C1. The molecule has 0 saturated carbocycles. The highest BCUT2D eigenvalue weighted by Crippen LogP contribution is 2.15. The number of carbonyl (C=O) groups excluding carboxylic acids is 1. The standard InChI is InChI=1S/C13H21N3O3S2/c1-10-5-7-20-12(10)8-14-13(17)15-11-4-3-6-16(9-11)21(2,18)19/h5,7,11H,3-4,6,8-9H2,1-2H3,(H2,14,15,17)/t11-/m0/s1. The van der Waals surface area contributed by atoms with E-state index in [0.29, 0.717) is 19.6 Å². The fourth-order valence-corrected chi connectivity index (χ4v) is 4.10. The summed E-state index contributed by atoms with van der Waals surface area (Å²) in [6.45, 7) is 3.39. The number of amides is 2. The molecule has 2 heterocycles. The van der Waals surface area contributed by atoms with Crippen LogP contribution in [0.1, 0.15) is 23.3 Å². The van der Waals surface area contributed by atoms with Gasteiger partial charge >= 0.3 is 6.03 Å². The molecule has 1 fully saturated rings. The van der Waals surface area contributed by atoms with Crippen molar-refractivity contribution < 1.29 is 13.2 Å². The number of aryl methyl sites for hydroxylation is 1. The van der Waals surface area contributed by atoms with E-state index < -0.39 is 10.0 Å². The summed E-state index contributed by atoms with van der Waals surface area (Å²) in [4.78, 5) is 13.0. The summed E-state index contributed by atoms with van der Waals surface area (Å²) < 4.78 is 24.5. The Morgan fingerprint density at radius 2 is 2.29 bits per heavy atom. The van der Waals surface area contributed by atoms with Gasteiger partial charge in [-0.1, -0.05) is 0 Å². The van der Waals surface area contributed by atoms with Crippen LogP contribution in [0, 0.1) is 6.92 Å². The molecule has 1 aromatic heterocycles. The van der Waals surface area contributed by atoms with Crippen LogP contribution in [-0.2, 0) is 16.6 Å². The molecule has 0 aliphatic carbocycles. The minimum atomic E-state index is -3.18. The highest BCUT2D eigenvalue weighted by atomic mass is 32.2. The summed E-state index contributed by atoms with van der Waals surface area (Å²) in [7, 11) is -3.18. The van der Waals surface area contributed by atoms with Gasteiger partial charge in [0.1, 0.15) is 0 Å². The Labute approximate surface area is 129 Å². The molecule has 0 bridgehead atoms. The number of carbonyl (C=O) groups is 1. The number of hydrogen-bond acceptors (Lipinski definition) is 4. The number of thiophene rings is 1. The van der Waals surface area contributed by atoms with Gasteiger partial charge in [-0.25, -0.2) is 17.5 Å². The molecule has 1 atom stereocenters. The molecule has 6 nitrogen and oxygen atoms in total. The molecule has 0 unspecified atom stereocenters. The summed E-state index contributed by atoms with van der Waals surface area (Å²) in [6.07, 6.45) is 2.77. The molecule has 8 heteroatoms. The number of piperidine rings is 1. The Morgan fingerprint density at radius 3 is 2.90 bits per heavy atom. The second kappa shape index (κ2) is 6.76. The summed E-state index contributed by atoms with van der Waals surface area (Å²) >= 11 is 1.61. The van der Waals surface area contributed by atoms with Crippen molar-refractivity contribution in [3.05, 3.63) is 21.9 Å². The maximum Gasteiger partial charge on any atom is 0.315 e. The third kappa shape index (κ3) is 4.69. The first-order valence-electron chi connectivity index (χ1n) is 6.88. The predicted molar refractivity (Wildman–Crippen MR) is 83.9 cm³/mol. The van der Waals surface area contributed by atoms with Crippen LogP contribution in [0.15, 0.2) is 11.4 Å². The van der Waals surface area contributed by atoms with Crippen molar-refractivity contribution in [1.82, 2.24) is 14.9 Å². The molecule has 2 N–H and O–H groups in total. The van der Waals surface area contributed by atoms with Crippen molar-refractivity contribution >= 4 is 27.4 Å². The van der Waals surface area contributed by atoms with Crippen LogP contribution in [0.4, 0.5) is 4.79 Å². The lowest BCUT2D eigenvalue weighted by atomic mass is 10.1. The van der Waals surface area contributed by atoms with Gasteiger partial charge < -0.3 is 10.6 Å². The molecule has 2 amide bonds. The number of rotatable bonds is 4. The number of hydrogen-bond donors (Lipinski definition) is 2. The smallest absolute Gasteiger partial charge is 0.315 e. The Hall–Kier alpha value is -1.12.